The molecule has 2 nitrogen and oxygen atoms in total. The van der Waals surface area contributed by atoms with Crippen molar-refractivity contribution in [2.75, 3.05) is 0 Å². The van der Waals surface area contributed by atoms with Crippen molar-refractivity contribution in [1.29, 1.82) is 0 Å². The predicted octanol–water partition coefficient (Wildman–Crippen LogP) is 3.44. The molecule has 0 saturated carbocycles. The van der Waals surface area contributed by atoms with Crippen molar-refractivity contribution in [3.05, 3.63) is 53.1 Å². The molecule has 0 aliphatic rings. The molecular formula is C11H7BrNO. The maximum Gasteiger partial charge on any atom is 0.219 e. The number of hydrogen-bond donors (Lipinski definition) is 0. The van der Waals surface area contributed by atoms with E-state index in [1.807, 2.05) is 30.3 Å². The normalized spacial score (nSPS) is 9.79. The lowest BCUT2D eigenvalue weighted by atomic mass is 10.3. The molecule has 0 spiro atoms. The third kappa shape index (κ3) is 2.12. The largest absolute Gasteiger partial charge is 0.438 e. The molecule has 14 heavy (non-hydrogen) atoms. The second-order valence-corrected chi connectivity index (χ2v) is 3.49. The molecule has 69 valence electrons. The second-order valence-electron chi connectivity index (χ2n) is 2.64. The SMILES string of the molecule is Brc1ccccc1Oc1ccc[c]n1. The number of benzene rings is 1. The quantitative estimate of drug-likeness (QED) is 0.813. The van der Waals surface area contributed by atoms with Crippen LogP contribution in [0.4, 0.5) is 0 Å². The number of pyridine rings is 1. The van der Waals surface area contributed by atoms with Gasteiger partial charge in [0.05, 0.1) is 10.7 Å². The zero-order chi connectivity index (χ0) is 9.80. The Morgan fingerprint density at radius 1 is 1.14 bits per heavy atom. The summed E-state index contributed by atoms with van der Waals surface area (Å²) in [5, 5.41) is 0. The monoisotopic (exact) mass is 248 g/mol. The Kier molecular flexibility index (Phi) is 2.79. The van der Waals surface area contributed by atoms with Crippen molar-refractivity contribution in [3.8, 4) is 11.6 Å². The average molecular weight is 249 g/mol. The third-order valence-electron chi connectivity index (χ3n) is 1.64. The molecule has 0 fully saturated rings. The van der Waals surface area contributed by atoms with E-state index in [-0.39, 0.29) is 0 Å². The Hall–Kier alpha value is -1.35. The van der Waals surface area contributed by atoms with E-state index in [1.165, 1.54) is 0 Å². The first-order chi connectivity index (χ1) is 6.86. The van der Waals surface area contributed by atoms with Gasteiger partial charge < -0.3 is 4.74 Å². The standard InChI is InChI=1S/C11H7BrNO/c12-9-5-1-2-6-10(9)14-11-7-3-4-8-13-11/h1-7H. The molecule has 1 aromatic heterocycles. The lowest BCUT2D eigenvalue weighted by Gasteiger charge is -2.04. The van der Waals surface area contributed by atoms with Crippen molar-refractivity contribution >= 4 is 15.9 Å². The van der Waals surface area contributed by atoms with Crippen LogP contribution < -0.4 is 4.74 Å². The van der Waals surface area contributed by atoms with Gasteiger partial charge in [-0.15, -0.1) is 0 Å². The average Bonchev–Trinajstić information content (AvgIpc) is 2.23. The third-order valence-corrected chi connectivity index (χ3v) is 2.29. The number of nitrogens with zero attached hydrogens (tertiary/aromatic N) is 1. The molecule has 2 aromatic rings. The number of hydrogen-bond acceptors (Lipinski definition) is 2. The number of aromatic nitrogens is 1. The van der Waals surface area contributed by atoms with E-state index >= 15 is 0 Å². The number of rotatable bonds is 2. The molecule has 2 rings (SSSR count). The van der Waals surface area contributed by atoms with Crippen LogP contribution in [0.3, 0.4) is 0 Å². The van der Waals surface area contributed by atoms with Crippen LogP contribution in [-0.2, 0) is 0 Å². The molecule has 1 aromatic carbocycles. The summed E-state index contributed by atoms with van der Waals surface area (Å²) >= 11 is 3.39. The summed E-state index contributed by atoms with van der Waals surface area (Å²) < 4.78 is 6.43. The Morgan fingerprint density at radius 3 is 2.71 bits per heavy atom. The molecule has 0 bridgehead atoms. The Labute approximate surface area is 90.7 Å². The molecule has 0 saturated heterocycles. The zero-order valence-electron chi connectivity index (χ0n) is 7.27. The molecular weight excluding hydrogens is 242 g/mol. The van der Waals surface area contributed by atoms with Crippen molar-refractivity contribution in [1.82, 2.24) is 4.98 Å². The van der Waals surface area contributed by atoms with Gasteiger partial charge in [0, 0.05) is 6.07 Å². The van der Waals surface area contributed by atoms with Gasteiger partial charge in [0.25, 0.3) is 0 Å². The Balaban J connectivity index is 2.24. The maximum absolute atomic E-state index is 5.52. The number of halogens is 1. The molecule has 0 aliphatic carbocycles. The van der Waals surface area contributed by atoms with Crippen LogP contribution in [0, 0.1) is 6.20 Å². The van der Waals surface area contributed by atoms with Crippen LogP contribution in [0.15, 0.2) is 46.9 Å². The van der Waals surface area contributed by atoms with Crippen LogP contribution >= 0.6 is 15.9 Å². The fourth-order valence-corrected chi connectivity index (χ4v) is 1.37. The fraction of sp³-hybridized carbons (Fsp3) is 0. The summed E-state index contributed by atoms with van der Waals surface area (Å²) in [6.45, 7) is 0. The maximum atomic E-state index is 5.52. The molecule has 0 unspecified atom stereocenters. The highest BCUT2D eigenvalue weighted by Gasteiger charge is 2.00. The predicted molar refractivity (Wildman–Crippen MR) is 57.3 cm³/mol. The lowest BCUT2D eigenvalue weighted by molar-refractivity contribution is 0.460. The summed E-state index contributed by atoms with van der Waals surface area (Å²) in [6, 6.07) is 13.0. The van der Waals surface area contributed by atoms with Crippen molar-refractivity contribution < 1.29 is 4.74 Å². The van der Waals surface area contributed by atoms with E-state index in [0.717, 1.165) is 10.2 Å². The van der Waals surface area contributed by atoms with Gasteiger partial charge in [-0.25, -0.2) is 4.98 Å². The van der Waals surface area contributed by atoms with Crippen molar-refractivity contribution in [2.24, 2.45) is 0 Å². The molecule has 1 heterocycles. The summed E-state index contributed by atoms with van der Waals surface area (Å²) in [5.74, 6) is 1.29. The van der Waals surface area contributed by atoms with E-state index in [4.69, 9.17) is 4.74 Å². The van der Waals surface area contributed by atoms with Gasteiger partial charge in [-0.3, -0.25) is 0 Å². The number of ether oxygens (including phenoxy) is 1. The van der Waals surface area contributed by atoms with Gasteiger partial charge in [-0.05, 0) is 34.1 Å². The Morgan fingerprint density at radius 2 is 2.00 bits per heavy atom. The topological polar surface area (TPSA) is 22.1 Å². The molecule has 3 heteroatoms. The Bertz CT molecular complexity index is 417. The highest BCUT2D eigenvalue weighted by Crippen LogP contribution is 2.27. The first kappa shape index (κ1) is 9.21. The molecule has 0 atom stereocenters. The van der Waals surface area contributed by atoms with Gasteiger partial charge >= 0.3 is 0 Å². The first-order valence-corrected chi connectivity index (χ1v) is 4.91. The fourth-order valence-electron chi connectivity index (χ4n) is 1.01. The molecule has 0 N–H and O–H groups in total. The minimum atomic E-state index is 0.541. The number of para-hydroxylation sites is 1. The molecule has 0 aliphatic heterocycles. The first-order valence-electron chi connectivity index (χ1n) is 4.12. The highest BCUT2D eigenvalue weighted by molar-refractivity contribution is 9.10. The van der Waals surface area contributed by atoms with Crippen molar-refractivity contribution in [2.45, 2.75) is 0 Å². The van der Waals surface area contributed by atoms with Gasteiger partial charge in [0.1, 0.15) is 5.75 Å². The van der Waals surface area contributed by atoms with Gasteiger partial charge in [-0.2, -0.15) is 0 Å². The summed E-state index contributed by atoms with van der Waals surface area (Å²) in [5.41, 5.74) is 0. The second kappa shape index (κ2) is 4.24. The van der Waals surface area contributed by atoms with Gasteiger partial charge in [0.15, 0.2) is 0 Å². The van der Waals surface area contributed by atoms with Crippen LogP contribution in [0.2, 0.25) is 0 Å². The van der Waals surface area contributed by atoms with Crippen LogP contribution in [0.5, 0.6) is 11.6 Å². The molecule has 1 radical (unpaired) electrons. The van der Waals surface area contributed by atoms with E-state index in [2.05, 4.69) is 27.1 Å². The minimum Gasteiger partial charge on any atom is -0.438 e. The summed E-state index contributed by atoms with van der Waals surface area (Å²) in [4.78, 5) is 3.95. The van der Waals surface area contributed by atoms with Crippen LogP contribution in [0.1, 0.15) is 0 Å². The molecule has 0 amide bonds. The van der Waals surface area contributed by atoms with E-state index < -0.39 is 0 Å². The van der Waals surface area contributed by atoms with Crippen LogP contribution in [0.25, 0.3) is 0 Å². The van der Waals surface area contributed by atoms with Gasteiger partial charge in [0.2, 0.25) is 5.88 Å². The van der Waals surface area contributed by atoms with E-state index in [1.54, 1.807) is 12.1 Å². The summed E-state index contributed by atoms with van der Waals surface area (Å²) in [6.07, 6.45) is 2.71. The highest BCUT2D eigenvalue weighted by atomic mass is 79.9. The van der Waals surface area contributed by atoms with Gasteiger partial charge in [-0.1, -0.05) is 18.2 Å². The van der Waals surface area contributed by atoms with E-state index in [0.29, 0.717) is 5.88 Å². The zero-order valence-corrected chi connectivity index (χ0v) is 8.86. The van der Waals surface area contributed by atoms with Crippen molar-refractivity contribution in [3.63, 3.8) is 0 Å². The van der Waals surface area contributed by atoms with E-state index in [9.17, 15) is 0 Å². The smallest absolute Gasteiger partial charge is 0.219 e. The lowest BCUT2D eigenvalue weighted by Crippen LogP contribution is -1.87. The minimum absolute atomic E-state index is 0.541. The summed E-state index contributed by atoms with van der Waals surface area (Å²) in [7, 11) is 0. The van der Waals surface area contributed by atoms with Crippen LogP contribution in [-0.4, -0.2) is 4.98 Å².